The maximum atomic E-state index is 14.9. The average Bonchev–Trinajstić information content (AvgIpc) is 3.05. The Morgan fingerprint density at radius 1 is 0.733 bits per heavy atom. The topological polar surface area (TPSA) is 44.8 Å². The van der Waals surface area contributed by atoms with Crippen molar-refractivity contribution in [2.45, 2.75) is 84.2 Å². The summed E-state index contributed by atoms with van der Waals surface area (Å²) in [4.78, 5) is 12.7. The second-order valence-electron chi connectivity index (χ2n) is 11.6. The van der Waals surface area contributed by atoms with Gasteiger partial charge in [-0.1, -0.05) is 51.7 Å². The van der Waals surface area contributed by atoms with E-state index < -0.39 is 46.3 Å². The average molecular weight is 633 g/mol. The van der Waals surface area contributed by atoms with Crippen molar-refractivity contribution in [1.29, 1.82) is 0 Å². The van der Waals surface area contributed by atoms with E-state index in [2.05, 4.69) is 6.92 Å². The molecule has 1 saturated carbocycles. The lowest BCUT2D eigenvalue weighted by Gasteiger charge is -2.27. The van der Waals surface area contributed by atoms with Crippen molar-refractivity contribution >= 4 is 5.97 Å². The molecule has 3 aromatic rings. The van der Waals surface area contributed by atoms with Crippen LogP contribution in [0.3, 0.4) is 0 Å². The van der Waals surface area contributed by atoms with E-state index in [0.717, 1.165) is 49.9 Å². The predicted octanol–water partition coefficient (Wildman–Crippen LogP) is 10.5. The number of hydrogen-bond donors (Lipinski definition) is 0. The van der Waals surface area contributed by atoms with Crippen LogP contribution in [0.15, 0.2) is 48.5 Å². The molecule has 0 saturated heterocycles. The molecule has 1 fully saturated rings. The molecule has 0 radical (unpaired) electrons. The van der Waals surface area contributed by atoms with Crippen LogP contribution in [0.5, 0.6) is 17.2 Å². The maximum Gasteiger partial charge on any atom is 0.314 e. The summed E-state index contributed by atoms with van der Waals surface area (Å²) in [6.45, 7) is 3.89. The van der Waals surface area contributed by atoms with E-state index in [0.29, 0.717) is 23.7 Å². The van der Waals surface area contributed by atoms with E-state index in [1.807, 2.05) is 0 Å². The van der Waals surface area contributed by atoms with Gasteiger partial charge < -0.3 is 14.2 Å². The zero-order valence-electron chi connectivity index (χ0n) is 25.9. The van der Waals surface area contributed by atoms with Crippen LogP contribution in [0.1, 0.15) is 89.8 Å². The molecule has 45 heavy (non-hydrogen) atoms. The number of carbonyl (C=O) groups excluding carboxylic acids is 1. The first-order valence-electron chi connectivity index (χ1n) is 15.9. The largest absolute Gasteiger partial charge is 0.490 e. The molecule has 4 rings (SSSR count). The monoisotopic (exact) mass is 632 g/mol. The molecular weight excluding hydrogens is 591 g/mol. The number of unbranched alkanes of at least 4 members (excludes halogenated alkanes) is 2. The molecule has 0 N–H and O–H groups in total. The smallest absolute Gasteiger partial charge is 0.314 e. The zero-order chi connectivity index (χ0) is 32.3. The van der Waals surface area contributed by atoms with Gasteiger partial charge in [0, 0.05) is 17.5 Å². The molecule has 1 aliphatic rings. The molecule has 0 amide bonds. The Labute approximate surface area is 261 Å². The van der Waals surface area contributed by atoms with E-state index in [1.54, 1.807) is 6.92 Å². The normalized spacial score (nSPS) is 17.1. The predicted molar refractivity (Wildman–Crippen MR) is 163 cm³/mol. The van der Waals surface area contributed by atoms with Crippen molar-refractivity contribution in [2.24, 2.45) is 11.8 Å². The molecule has 9 heteroatoms. The first-order valence-corrected chi connectivity index (χ1v) is 15.9. The second-order valence-corrected chi connectivity index (χ2v) is 11.6. The molecule has 1 unspecified atom stereocenters. The van der Waals surface area contributed by atoms with Gasteiger partial charge in [-0.05, 0) is 80.0 Å². The van der Waals surface area contributed by atoms with Crippen LogP contribution in [-0.2, 0) is 4.79 Å². The number of carbonyl (C=O) groups is 1. The van der Waals surface area contributed by atoms with Crippen molar-refractivity contribution in [3.63, 3.8) is 0 Å². The fourth-order valence-electron chi connectivity index (χ4n) is 5.67. The summed E-state index contributed by atoms with van der Waals surface area (Å²) in [7, 11) is 0. The molecule has 0 bridgehead atoms. The number of rotatable bonds is 15. The molecule has 0 aliphatic heterocycles. The van der Waals surface area contributed by atoms with Gasteiger partial charge >= 0.3 is 5.97 Å². The molecule has 244 valence electrons. The number of benzene rings is 3. The lowest BCUT2D eigenvalue weighted by atomic mass is 9.80. The SMILES string of the molecule is CCCCCC1CCC(C(=O)Oc2ccc(C(F)CCOc3ccc(-c4ccc(OCCC)c(F)c4F)c(F)c3F)cc2)CC1. The van der Waals surface area contributed by atoms with Crippen molar-refractivity contribution in [3.05, 3.63) is 77.4 Å². The summed E-state index contributed by atoms with van der Waals surface area (Å²) in [6, 6.07) is 10.5. The van der Waals surface area contributed by atoms with Crippen molar-refractivity contribution in [2.75, 3.05) is 13.2 Å². The lowest BCUT2D eigenvalue weighted by Crippen LogP contribution is -2.25. The summed E-state index contributed by atoms with van der Waals surface area (Å²) < 4.78 is 89.5. The minimum atomic E-state index is -1.48. The van der Waals surface area contributed by atoms with Gasteiger partial charge in [-0.25, -0.2) is 13.2 Å². The highest BCUT2D eigenvalue weighted by Crippen LogP contribution is 2.36. The Morgan fingerprint density at radius 3 is 1.87 bits per heavy atom. The zero-order valence-corrected chi connectivity index (χ0v) is 25.9. The number of hydrogen-bond acceptors (Lipinski definition) is 4. The summed E-state index contributed by atoms with van der Waals surface area (Å²) in [5, 5.41) is 0. The second kappa shape index (κ2) is 16.6. The fourth-order valence-corrected chi connectivity index (χ4v) is 5.67. The first kappa shape index (κ1) is 34.3. The summed E-state index contributed by atoms with van der Waals surface area (Å²) in [5.74, 6) is -5.63. The number of halogens is 5. The molecule has 0 aromatic heterocycles. The van der Waals surface area contributed by atoms with Crippen LogP contribution in [0, 0.1) is 35.1 Å². The Balaban J connectivity index is 1.27. The highest BCUT2D eigenvalue weighted by Gasteiger charge is 2.28. The molecular formula is C36H41F5O4. The summed E-state index contributed by atoms with van der Waals surface area (Å²) >= 11 is 0. The van der Waals surface area contributed by atoms with Crippen LogP contribution in [0.25, 0.3) is 11.1 Å². The van der Waals surface area contributed by atoms with E-state index in [1.165, 1.54) is 49.9 Å². The van der Waals surface area contributed by atoms with Crippen molar-refractivity contribution in [3.8, 4) is 28.4 Å². The molecule has 0 heterocycles. The van der Waals surface area contributed by atoms with Crippen molar-refractivity contribution in [1.82, 2.24) is 0 Å². The van der Waals surface area contributed by atoms with Crippen LogP contribution in [0.4, 0.5) is 22.0 Å². The van der Waals surface area contributed by atoms with Gasteiger partial charge in [-0.3, -0.25) is 4.79 Å². The number of ether oxygens (including phenoxy) is 3. The third-order valence-corrected chi connectivity index (χ3v) is 8.33. The van der Waals surface area contributed by atoms with E-state index in [4.69, 9.17) is 14.2 Å². The third-order valence-electron chi connectivity index (χ3n) is 8.33. The van der Waals surface area contributed by atoms with Crippen LogP contribution in [0.2, 0.25) is 0 Å². The quantitative estimate of drug-likeness (QED) is 0.0724. The van der Waals surface area contributed by atoms with Gasteiger partial charge in [0.15, 0.2) is 23.1 Å². The van der Waals surface area contributed by atoms with Crippen LogP contribution < -0.4 is 14.2 Å². The highest BCUT2D eigenvalue weighted by molar-refractivity contribution is 5.75. The standard InChI is InChI=1S/C36H41F5O4/c1-3-5-6-7-23-8-10-25(11-9-23)36(42)45-26-14-12-24(13-15-26)29(37)20-22-44-31-19-17-28(33(39)35(31)41)27-16-18-30(43-21-4-2)34(40)32(27)38/h12-19,23,25,29H,3-11,20-22H2,1-2H3. The van der Waals surface area contributed by atoms with Crippen LogP contribution in [-0.4, -0.2) is 19.2 Å². The third kappa shape index (κ3) is 8.98. The number of alkyl halides is 1. The summed E-state index contributed by atoms with van der Waals surface area (Å²) in [5.41, 5.74) is -0.642. The maximum absolute atomic E-state index is 14.9. The minimum Gasteiger partial charge on any atom is -0.490 e. The van der Waals surface area contributed by atoms with E-state index in [9.17, 15) is 26.7 Å². The van der Waals surface area contributed by atoms with E-state index >= 15 is 0 Å². The molecule has 4 nitrogen and oxygen atoms in total. The van der Waals surface area contributed by atoms with Crippen LogP contribution >= 0.6 is 0 Å². The van der Waals surface area contributed by atoms with E-state index in [-0.39, 0.29) is 37.3 Å². The highest BCUT2D eigenvalue weighted by atomic mass is 19.2. The first-order chi connectivity index (χ1) is 21.7. The lowest BCUT2D eigenvalue weighted by molar-refractivity contribution is -0.140. The van der Waals surface area contributed by atoms with Gasteiger partial charge in [0.2, 0.25) is 11.6 Å². The Morgan fingerprint density at radius 2 is 1.31 bits per heavy atom. The summed E-state index contributed by atoms with van der Waals surface area (Å²) in [6.07, 6.45) is 7.57. The van der Waals surface area contributed by atoms with Gasteiger partial charge in [0.25, 0.3) is 0 Å². The fraction of sp³-hybridized carbons (Fsp3) is 0.472. The Bertz CT molecular complexity index is 1400. The Kier molecular flexibility index (Phi) is 12.7. The van der Waals surface area contributed by atoms with Gasteiger partial charge in [0.1, 0.15) is 11.9 Å². The van der Waals surface area contributed by atoms with Crippen molar-refractivity contribution < 1.29 is 41.0 Å². The molecule has 1 aliphatic carbocycles. The van der Waals surface area contributed by atoms with Gasteiger partial charge in [0.05, 0.1) is 19.1 Å². The van der Waals surface area contributed by atoms with Gasteiger partial charge in [-0.2, -0.15) is 8.78 Å². The molecule has 0 spiro atoms. The molecule has 1 atom stereocenters. The molecule has 3 aromatic carbocycles. The Hall–Kier alpha value is -3.62. The van der Waals surface area contributed by atoms with Gasteiger partial charge in [-0.15, -0.1) is 0 Å². The minimum absolute atomic E-state index is 0.122. The number of esters is 1.